The fourth-order valence-corrected chi connectivity index (χ4v) is 3.17. The van der Waals surface area contributed by atoms with Gasteiger partial charge in [0.05, 0.1) is 15.8 Å². The van der Waals surface area contributed by atoms with Crippen molar-refractivity contribution in [3.8, 4) is 10.6 Å². The van der Waals surface area contributed by atoms with Crippen LogP contribution in [0.1, 0.15) is 12.8 Å². The molecule has 0 fully saturated rings. The number of hydrogen-bond acceptors (Lipinski definition) is 6. The number of nitrogens with zero attached hydrogens (tertiary/aromatic N) is 2. The highest BCUT2D eigenvalue weighted by Crippen LogP contribution is 2.36. The second-order valence-corrected chi connectivity index (χ2v) is 5.87. The predicted octanol–water partition coefficient (Wildman–Crippen LogP) is 1.95. The minimum Gasteiger partial charge on any atom is -0.383 e. The van der Waals surface area contributed by atoms with Crippen molar-refractivity contribution in [1.29, 1.82) is 0 Å². The van der Waals surface area contributed by atoms with Crippen molar-refractivity contribution in [2.24, 2.45) is 5.73 Å². The molecule has 114 valence electrons. The number of carbonyl (C=O) groups is 1. The Morgan fingerprint density at radius 1 is 1.36 bits per heavy atom. The number of fused-ring (bicyclic) bond motifs is 1. The van der Waals surface area contributed by atoms with Gasteiger partial charge in [-0.05, 0) is 18.6 Å². The molecular formula is C14H16N6OS. The van der Waals surface area contributed by atoms with Crippen LogP contribution >= 0.6 is 11.3 Å². The Hall–Kier alpha value is -2.61. The van der Waals surface area contributed by atoms with Crippen LogP contribution in [0, 0.1) is 0 Å². The van der Waals surface area contributed by atoms with Crippen molar-refractivity contribution in [3.63, 3.8) is 0 Å². The van der Waals surface area contributed by atoms with E-state index >= 15 is 0 Å². The molecule has 0 aliphatic rings. The van der Waals surface area contributed by atoms with Gasteiger partial charge in [0.2, 0.25) is 5.91 Å². The summed E-state index contributed by atoms with van der Waals surface area (Å²) in [6, 6.07) is 7.91. The van der Waals surface area contributed by atoms with E-state index in [1.54, 1.807) is 11.3 Å². The van der Waals surface area contributed by atoms with Crippen LogP contribution in [0.2, 0.25) is 0 Å². The smallest absolute Gasteiger partial charge is 0.217 e. The van der Waals surface area contributed by atoms with Crippen molar-refractivity contribution >= 4 is 39.1 Å². The number of para-hydroxylation sites is 1. The maximum Gasteiger partial charge on any atom is 0.217 e. The Morgan fingerprint density at radius 3 is 2.95 bits per heavy atom. The summed E-state index contributed by atoms with van der Waals surface area (Å²) in [6.45, 7) is 0.588. The highest BCUT2D eigenvalue weighted by atomic mass is 32.1. The number of amides is 1. The van der Waals surface area contributed by atoms with Gasteiger partial charge in [-0.25, -0.2) is 4.98 Å². The van der Waals surface area contributed by atoms with Crippen molar-refractivity contribution in [1.82, 2.24) is 15.2 Å². The van der Waals surface area contributed by atoms with Gasteiger partial charge >= 0.3 is 0 Å². The van der Waals surface area contributed by atoms with E-state index in [4.69, 9.17) is 11.5 Å². The van der Waals surface area contributed by atoms with Crippen LogP contribution in [-0.2, 0) is 4.79 Å². The van der Waals surface area contributed by atoms with Crippen LogP contribution in [0.15, 0.2) is 24.3 Å². The summed E-state index contributed by atoms with van der Waals surface area (Å²) >= 11 is 1.56. The summed E-state index contributed by atoms with van der Waals surface area (Å²) in [5, 5.41) is 10.9. The first-order valence-corrected chi connectivity index (χ1v) is 7.69. The number of aromatic amines is 1. The van der Waals surface area contributed by atoms with Gasteiger partial charge in [0.15, 0.2) is 5.82 Å². The molecule has 0 spiro atoms. The predicted molar refractivity (Wildman–Crippen MR) is 88.5 cm³/mol. The molecule has 22 heavy (non-hydrogen) atoms. The normalized spacial score (nSPS) is 10.9. The number of rotatable bonds is 6. The van der Waals surface area contributed by atoms with Crippen LogP contribution in [0.5, 0.6) is 0 Å². The molecular weight excluding hydrogens is 300 g/mol. The zero-order valence-electron chi connectivity index (χ0n) is 11.8. The van der Waals surface area contributed by atoms with Crippen molar-refractivity contribution < 1.29 is 4.79 Å². The number of aromatic nitrogens is 3. The molecule has 0 unspecified atom stereocenters. The molecule has 3 rings (SSSR count). The van der Waals surface area contributed by atoms with Crippen molar-refractivity contribution in [2.75, 3.05) is 17.6 Å². The van der Waals surface area contributed by atoms with Gasteiger partial charge in [-0.2, -0.15) is 5.10 Å². The molecule has 1 aromatic carbocycles. The van der Waals surface area contributed by atoms with Crippen molar-refractivity contribution in [2.45, 2.75) is 12.8 Å². The van der Waals surface area contributed by atoms with E-state index in [9.17, 15) is 4.79 Å². The number of nitrogens with two attached hydrogens (primary N) is 2. The molecule has 0 atom stereocenters. The monoisotopic (exact) mass is 316 g/mol. The molecule has 0 aliphatic carbocycles. The van der Waals surface area contributed by atoms with Crippen LogP contribution in [0.4, 0.5) is 11.6 Å². The molecule has 6 N–H and O–H groups in total. The molecule has 2 aromatic heterocycles. The first-order chi connectivity index (χ1) is 10.6. The highest BCUT2D eigenvalue weighted by Gasteiger charge is 2.17. The van der Waals surface area contributed by atoms with Gasteiger partial charge in [0.25, 0.3) is 0 Å². The highest BCUT2D eigenvalue weighted by molar-refractivity contribution is 7.21. The standard InChI is InChI=1S/C14H16N6OS/c15-10(21)6-3-7-17-13-11(12(16)19-20-13)14-18-8-4-1-2-5-9(8)22-14/h1-2,4-5H,3,6-7H2,(H2,15,21)(H4,16,17,19,20). The van der Waals surface area contributed by atoms with Gasteiger partial charge in [0.1, 0.15) is 10.8 Å². The average molecular weight is 316 g/mol. The van der Waals surface area contributed by atoms with Gasteiger partial charge < -0.3 is 16.8 Å². The van der Waals surface area contributed by atoms with E-state index < -0.39 is 0 Å². The molecule has 8 heteroatoms. The lowest BCUT2D eigenvalue weighted by Gasteiger charge is -2.04. The van der Waals surface area contributed by atoms with E-state index in [0.29, 0.717) is 31.0 Å². The molecule has 7 nitrogen and oxygen atoms in total. The number of benzene rings is 1. The second kappa shape index (κ2) is 6.02. The summed E-state index contributed by atoms with van der Waals surface area (Å²) in [5.74, 6) is 0.798. The number of anilines is 2. The van der Waals surface area contributed by atoms with Crippen LogP contribution in [0.3, 0.4) is 0 Å². The first-order valence-electron chi connectivity index (χ1n) is 6.87. The molecule has 0 bridgehead atoms. The average Bonchev–Trinajstić information content (AvgIpc) is 3.06. The minimum absolute atomic E-state index is 0.310. The summed E-state index contributed by atoms with van der Waals surface area (Å²) in [4.78, 5) is 15.3. The maximum atomic E-state index is 10.7. The zero-order valence-corrected chi connectivity index (χ0v) is 12.6. The third-order valence-corrected chi connectivity index (χ3v) is 4.25. The molecule has 0 radical (unpaired) electrons. The third kappa shape index (κ3) is 2.86. The van der Waals surface area contributed by atoms with Crippen LogP contribution in [-0.4, -0.2) is 27.6 Å². The molecule has 0 saturated heterocycles. The number of H-pyrrole nitrogens is 1. The van der Waals surface area contributed by atoms with Crippen molar-refractivity contribution in [3.05, 3.63) is 24.3 Å². The Balaban J connectivity index is 1.83. The second-order valence-electron chi connectivity index (χ2n) is 4.84. The molecule has 1 amide bonds. The van der Waals surface area contributed by atoms with Crippen LogP contribution in [0.25, 0.3) is 20.8 Å². The zero-order chi connectivity index (χ0) is 15.5. The lowest BCUT2D eigenvalue weighted by Crippen LogP contribution is -2.12. The Morgan fingerprint density at radius 2 is 2.18 bits per heavy atom. The van der Waals surface area contributed by atoms with E-state index in [1.165, 1.54) is 0 Å². The number of hydrogen-bond donors (Lipinski definition) is 4. The quantitative estimate of drug-likeness (QED) is 0.518. The molecule has 2 heterocycles. The van der Waals surface area contributed by atoms with E-state index in [1.807, 2.05) is 24.3 Å². The first kappa shape index (κ1) is 14.3. The Bertz CT molecular complexity index is 776. The largest absolute Gasteiger partial charge is 0.383 e. The molecule has 0 saturated carbocycles. The Labute approximate surface area is 130 Å². The molecule has 3 aromatic rings. The number of primary amides is 1. The summed E-state index contributed by atoms with van der Waals surface area (Å²) < 4.78 is 1.10. The number of nitrogen functional groups attached to an aromatic ring is 1. The number of carbonyl (C=O) groups excluding carboxylic acids is 1. The van der Waals surface area contributed by atoms with Gasteiger partial charge in [-0.1, -0.05) is 12.1 Å². The lowest BCUT2D eigenvalue weighted by atomic mass is 10.2. The van der Waals surface area contributed by atoms with Gasteiger partial charge in [-0.15, -0.1) is 11.3 Å². The fraction of sp³-hybridized carbons (Fsp3) is 0.214. The van der Waals surface area contributed by atoms with E-state index in [0.717, 1.165) is 20.8 Å². The topological polar surface area (TPSA) is 123 Å². The van der Waals surface area contributed by atoms with Gasteiger partial charge in [0, 0.05) is 13.0 Å². The minimum atomic E-state index is -0.310. The van der Waals surface area contributed by atoms with Crippen LogP contribution < -0.4 is 16.8 Å². The van der Waals surface area contributed by atoms with E-state index in [-0.39, 0.29) is 5.91 Å². The SMILES string of the molecule is NC(=O)CCCNc1n[nH]c(N)c1-c1nc2ccccc2s1. The number of nitrogens with one attached hydrogen (secondary N) is 2. The summed E-state index contributed by atoms with van der Waals surface area (Å²) in [6.07, 6.45) is 0.977. The summed E-state index contributed by atoms with van der Waals surface area (Å²) in [7, 11) is 0. The van der Waals surface area contributed by atoms with E-state index in [2.05, 4.69) is 20.5 Å². The maximum absolute atomic E-state index is 10.7. The molecule has 0 aliphatic heterocycles. The fourth-order valence-electron chi connectivity index (χ4n) is 2.15. The number of thiazole rings is 1. The lowest BCUT2D eigenvalue weighted by molar-refractivity contribution is -0.118. The van der Waals surface area contributed by atoms with Gasteiger partial charge in [-0.3, -0.25) is 9.89 Å². The summed E-state index contributed by atoms with van der Waals surface area (Å²) in [5.41, 5.74) is 12.8. The third-order valence-electron chi connectivity index (χ3n) is 3.19. The Kier molecular flexibility index (Phi) is 3.92.